The molecule has 8 bridgehead atoms. The highest BCUT2D eigenvalue weighted by Gasteiger charge is 2.86. The molecule has 0 N–H and O–H groups in total. The van der Waals surface area contributed by atoms with E-state index >= 15 is 0 Å². The molecule has 0 unspecified atom stereocenters. The fourth-order valence-corrected chi connectivity index (χ4v) is 14.1. The molecular weight excluding hydrogens is 592 g/mol. The standard InChI is InChI=1S/2C18H26O5/c2*1-8(19)21-10-7-17(4)12-13-11(14(22-17)15(12)20-5)9-6-16(2,3)18(9,10)23-13/h2*9-15H,6-7H2,1-5H3/t2*9-,10+,11-,12+,13+,14-,15-,17+,18-/m11/s1. The van der Waals surface area contributed by atoms with E-state index in [2.05, 4.69) is 41.5 Å². The maximum atomic E-state index is 11.8. The molecule has 10 fully saturated rings. The van der Waals surface area contributed by atoms with Crippen molar-refractivity contribution in [3.8, 4) is 0 Å². The lowest BCUT2D eigenvalue weighted by Crippen LogP contribution is -2.70. The van der Waals surface area contributed by atoms with Gasteiger partial charge in [0.15, 0.2) is 0 Å². The number of esters is 2. The van der Waals surface area contributed by atoms with Crippen molar-refractivity contribution in [1.82, 2.24) is 0 Å². The van der Waals surface area contributed by atoms with Crippen LogP contribution in [-0.2, 0) is 47.5 Å². The predicted octanol–water partition coefficient (Wildman–Crippen LogP) is 3.85. The van der Waals surface area contributed by atoms with Crippen LogP contribution in [0.15, 0.2) is 0 Å². The Balaban J connectivity index is 0.000000127. The summed E-state index contributed by atoms with van der Waals surface area (Å²) in [4.78, 5) is 23.5. The highest BCUT2D eigenvalue weighted by atomic mass is 16.6. The lowest BCUT2D eigenvalue weighted by Gasteiger charge is -2.62. The Hall–Kier alpha value is -1.30. The van der Waals surface area contributed by atoms with E-state index in [1.54, 1.807) is 14.2 Å². The van der Waals surface area contributed by atoms with Gasteiger partial charge in [0.05, 0.1) is 47.8 Å². The summed E-state index contributed by atoms with van der Waals surface area (Å²) in [5, 5.41) is 0. The second-order valence-electron chi connectivity index (χ2n) is 18.1. The molecule has 0 aromatic heterocycles. The van der Waals surface area contributed by atoms with Crippen LogP contribution < -0.4 is 0 Å². The third-order valence-corrected chi connectivity index (χ3v) is 15.4. The first kappa shape index (κ1) is 30.7. The third-order valence-electron chi connectivity index (χ3n) is 15.4. The van der Waals surface area contributed by atoms with Crippen LogP contribution in [0, 0.1) is 46.3 Å². The van der Waals surface area contributed by atoms with Gasteiger partial charge in [0, 0.05) is 76.4 Å². The van der Waals surface area contributed by atoms with Gasteiger partial charge in [0.2, 0.25) is 0 Å². The largest absolute Gasteiger partial charge is 0.459 e. The van der Waals surface area contributed by atoms with Crippen molar-refractivity contribution in [1.29, 1.82) is 0 Å². The minimum absolute atomic E-state index is 0.0301. The van der Waals surface area contributed by atoms with Crippen LogP contribution in [0.1, 0.15) is 81.1 Å². The summed E-state index contributed by atoms with van der Waals surface area (Å²) in [7, 11) is 3.56. The molecule has 10 nitrogen and oxygen atoms in total. The number of rotatable bonds is 4. The number of hydrogen-bond donors (Lipinski definition) is 0. The van der Waals surface area contributed by atoms with E-state index in [4.69, 9.17) is 37.9 Å². The zero-order valence-corrected chi connectivity index (χ0v) is 29.0. The van der Waals surface area contributed by atoms with Crippen molar-refractivity contribution in [2.45, 2.75) is 152 Å². The summed E-state index contributed by atoms with van der Waals surface area (Å²) in [6.45, 7) is 16.3. The van der Waals surface area contributed by atoms with Crippen molar-refractivity contribution in [2.24, 2.45) is 46.3 Å². The average Bonchev–Trinajstić information content (AvgIpc) is 3.69. The Labute approximate surface area is 272 Å². The zero-order valence-electron chi connectivity index (χ0n) is 29.0. The minimum atomic E-state index is -0.343. The molecule has 0 amide bonds. The first-order valence-electron chi connectivity index (χ1n) is 17.6. The van der Waals surface area contributed by atoms with Crippen molar-refractivity contribution in [3.05, 3.63) is 0 Å². The van der Waals surface area contributed by atoms with Crippen molar-refractivity contribution < 1.29 is 47.5 Å². The van der Waals surface area contributed by atoms with Crippen LogP contribution >= 0.6 is 0 Å². The fraction of sp³-hybridized carbons (Fsp3) is 0.944. The lowest BCUT2D eigenvalue weighted by atomic mass is 9.46. The molecule has 46 heavy (non-hydrogen) atoms. The van der Waals surface area contributed by atoms with Crippen LogP contribution in [0.2, 0.25) is 0 Å². The maximum Gasteiger partial charge on any atom is 0.303 e. The Bertz CT molecular complexity index is 1280. The number of ether oxygens (including phenoxy) is 8. The summed E-state index contributed by atoms with van der Waals surface area (Å²) < 4.78 is 49.8. The molecule has 0 aromatic carbocycles. The van der Waals surface area contributed by atoms with Crippen molar-refractivity contribution >= 4 is 11.9 Å². The van der Waals surface area contributed by atoms with E-state index in [0.29, 0.717) is 36.5 Å². The quantitative estimate of drug-likeness (QED) is 0.419. The molecule has 4 aliphatic carbocycles. The summed E-state index contributed by atoms with van der Waals surface area (Å²) in [6, 6.07) is 0. The van der Waals surface area contributed by atoms with Crippen LogP contribution in [-0.4, -0.2) is 97.4 Å². The molecule has 6 heterocycles. The molecule has 10 aliphatic rings. The van der Waals surface area contributed by atoms with Crippen LogP contribution in [0.3, 0.4) is 0 Å². The molecule has 10 heteroatoms. The number of fused-ring (bicyclic) bond motifs is 6. The first-order valence-corrected chi connectivity index (χ1v) is 17.6. The Kier molecular flexibility index (Phi) is 5.94. The Morgan fingerprint density at radius 2 is 0.935 bits per heavy atom. The summed E-state index contributed by atoms with van der Waals surface area (Å²) in [6.07, 6.45) is 3.97. The molecule has 10 rings (SSSR count). The van der Waals surface area contributed by atoms with Gasteiger partial charge in [-0.05, 0) is 37.5 Å². The van der Waals surface area contributed by atoms with Gasteiger partial charge in [0.25, 0.3) is 0 Å². The Morgan fingerprint density at radius 1 is 0.565 bits per heavy atom. The summed E-state index contributed by atoms with van der Waals surface area (Å²) in [5.74, 6) is 1.59. The lowest BCUT2D eigenvalue weighted by molar-refractivity contribution is -0.264. The normalized spacial score (nSPS) is 60.3. The first-order chi connectivity index (χ1) is 21.5. The number of hydrogen-bond acceptors (Lipinski definition) is 10. The molecule has 18 atom stereocenters. The topological polar surface area (TPSA) is 108 Å². The van der Waals surface area contributed by atoms with E-state index in [0.717, 1.165) is 12.8 Å². The van der Waals surface area contributed by atoms with Crippen LogP contribution in [0.5, 0.6) is 0 Å². The van der Waals surface area contributed by atoms with Gasteiger partial charge in [-0.15, -0.1) is 0 Å². The molecule has 256 valence electrons. The highest BCUT2D eigenvalue weighted by Crippen LogP contribution is 2.77. The number of carbonyl (C=O) groups is 2. The van der Waals surface area contributed by atoms with Crippen LogP contribution in [0.4, 0.5) is 0 Å². The van der Waals surface area contributed by atoms with Gasteiger partial charge in [-0.3, -0.25) is 9.59 Å². The minimum Gasteiger partial charge on any atom is -0.459 e. The van der Waals surface area contributed by atoms with Crippen molar-refractivity contribution in [3.63, 3.8) is 0 Å². The third kappa shape index (κ3) is 3.18. The maximum absolute atomic E-state index is 11.8. The zero-order chi connectivity index (χ0) is 32.7. The van der Waals surface area contributed by atoms with Gasteiger partial charge in [-0.25, -0.2) is 0 Å². The van der Waals surface area contributed by atoms with Gasteiger partial charge < -0.3 is 37.9 Å². The van der Waals surface area contributed by atoms with E-state index in [9.17, 15) is 9.59 Å². The molecule has 0 aromatic rings. The van der Waals surface area contributed by atoms with Crippen molar-refractivity contribution in [2.75, 3.05) is 14.2 Å². The van der Waals surface area contributed by atoms with E-state index in [1.165, 1.54) is 13.8 Å². The van der Waals surface area contributed by atoms with E-state index in [-0.39, 0.29) is 106 Å². The molecular formula is C36H52O10. The van der Waals surface area contributed by atoms with Crippen LogP contribution in [0.25, 0.3) is 0 Å². The summed E-state index contributed by atoms with van der Waals surface area (Å²) in [5.41, 5.74) is -1.28. The summed E-state index contributed by atoms with van der Waals surface area (Å²) >= 11 is 0. The molecule has 4 saturated carbocycles. The van der Waals surface area contributed by atoms with Gasteiger partial charge >= 0.3 is 11.9 Å². The average molecular weight is 645 g/mol. The smallest absolute Gasteiger partial charge is 0.303 e. The highest BCUT2D eigenvalue weighted by molar-refractivity contribution is 5.67. The van der Waals surface area contributed by atoms with Gasteiger partial charge in [0.1, 0.15) is 23.4 Å². The fourth-order valence-electron chi connectivity index (χ4n) is 14.1. The number of carbonyl (C=O) groups excluding carboxylic acids is 2. The molecule has 6 saturated heterocycles. The van der Waals surface area contributed by atoms with Gasteiger partial charge in [-0.1, -0.05) is 27.7 Å². The molecule has 6 aliphatic heterocycles. The molecule has 0 radical (unpaired) electrons. The number of methoxy groups -OCH3 is 2. The van der Waals surface area contributed by atoms with E-state index in [1.807, 2.05) is 0 Å². The van der Waals surface area contributed by atoms with E-state index < -0.39 is 0 Å². The monoisotopic (exact) mass is 644 g/mol. The SMILES string of the molecule is CO[C@H]1[C@@H]2O[C@@]3(C)C[C@H](OC(C)=O)[C@]45O[C@@H]([C@H]2[C@H]4CC5(C)C)[C@@H]13.CO[C@H]1[C@@H]2O[C@@]3(C)C[C@H](OC(C)=O)[C@]45O[C@@H]([C@H]2[C@H]4CC5(C)C)[C@@H]13. The van der Waals surface area contributed by atoms with Gasteiger partial charge in [-0.2, -0.15) is 0 Å². The predicted molar refractivity (Wildman–Crippen MR) is 161 cm³/mol. The second-order valence-corrected chi connectivity index (χ2v) is 18.1. The molecule has 2 spiro atoms. The second kappa shape index (κ2) is 8.88. The Morgan fingerprint density at radius 3 is 1.24 bits per heavy atom.